The van der Waals surface area contributed by atoms with Crippen LogP contribution >= 0.6 is 0 Å². The summed E-state index contributed by atoms with van der Waals surface area (Å²) in [6.07, 6.45) is 6.13. The first-order chi connectivity index (χ1) is 11.8. The number of hydrogen-bond donors (Lipinski definition) is 0. The lowest BCUT2D eigenvalue weighted by molar-refractivity contribution is 0.0762. The Bertz CT molecular complexity index is 844. The molecule has 0 radical (unpaired) electrons. The van der Waals surface area contributed by atoms with E-state index < -0.39 is 0 Å². The van der Waals surface area contributed by atoms with Gasteiger partial charge in [-0.15, -0.1) is 0 Å². The SMILES string of the molecule is O=C(c1ccoc1)N1CCc2ncnc(-c3ccccc3)c2CC1. The Labute approximate surface area is 140 Å². The molecule has 1 aliphatic rings. The average molecular weight is 319 g/mol. The molecule has 120 valence electrons. The number of aromatic nitrogens is 2. The molecule has 5 nitrogen and oxygen atoms in total. The van der Waals surface area contributed by atoms with Crippen molar-refractivity contribution in [1.29, 1.82) is 0 Å². The van der Waals surface area contributed by atoms with Gasteiger partial charge in [0.05, 0.1) is 17.5 Å². The maximum Gasteiger partial charge on any atom is 0.257 e. The summed E-state index contributed by atoms with van der Waals surface area (Å²) in [5.74, 6) is 0.00535. The average Bonchev–Trinajstić information content (AvgIpc) is 3.08. The largest absolute Gasteiger partial charge is 0.472 e. The summed E-state index contributed by atoms with van der Waals surface area (Å²) in [7, 11) is 0. The number of benzene rings is 1. The first-order valence-corrected chi connectivity index (χ1v) is 8.02. The lowest BCUT2D eigenvalue weighted by Gasteiger charge is -2.19. The van der Waals surface area contributed by atoms with Gasteiger partial charge in [-0.2, -0.15) is 0 Å². The van der Waals surface area contributed by atoms with Crippen LogP contribution in [-0.2, 0) is 12.8 Å². The second kappa shape index (κ2) is 6.28. The molecular weight excluding hydrogens is 302 g/mol. The van der Waals surface area contributed by atoms with E-state index in [4.69, 9.17) is 4.42 Å². The number of carbonyl (C=O) groups is 1. The summed E-state index contributed by atoms with van der Waals surface area (Å²) < 4.78 is 5.03. The molecule has 2 aromatic heterocycles. The summed E-state index contributed by atoms with van der Waals surface area (Å²) in [6, 6.07) is 11.8. The van der Waals surface area contributed by atoms with Gasteiger partial charge in [0.25, 0.3) is 5.91 Å². The van der Waals surface area contributed by atoms with Gasteiger partial charge >= 0.3 is 0 Å². The highest BCUT2D eigenvalue weighted by molar-refractivity contribution is 5.93. The van der Waals surface area contributed by atoms with Crippen LogP contribution in [0.1, 0.15) is 21.6 Å². The number of carbonyl (C=O) groups excluding carboxylic acids is 1. The Morgan fingerprint density at radius 2 is 1.88 bits per heavy atom. The standard InChI is InChI=1S/C19H17N3O2/c23-19(15-8-11-24-12-15)22-9-6-16-17(7-10-22)20-13-21-18(16)14-4-2-1-3-5-14/h1-5,8,11-13H,6-7,9-10H2. The minimum Gasteiger partial charge on any atom is -0.472 e. The molecule has 0 N–H and O–H groups in total. The topological polar surface area (TPSA) is 59.2 Å². The summed E-state index contributed by atoms with van der Waals surface area (Å²) in [5, 5.41) is 0. The van der Waals surface area contributed by atoms with Gasteiger partial charge in [0, 0.05) is 36.3 Å². The monoisotopic (exact) mass is 319 g/mol. The molecule has 4 rings (SSSR count). The van der Waals surface area contributed by atoms with Crippen LogP contribution in [0.25, 0.3) is 11.3 Å². The number of fused-ring (bicyclic) bond motifs is 1. The molecule has 0 aliphatic carbocycles. The molecular formula is C19H17N3O2. The smallest absolute Gasteiger partial charge is 0.257 e. The first-order valence-electron chi connectivity index (χ1n) is 8.02. The van der Waals surface area contributed by atoms with E-state index in [1.54, 1.807) is 12.4 Å². The molecule has 1 aliphatic heterocycles. The molecule has 0 unspecified atom stereocenters. The Balaban J connectivity index is 1.63. The number of nitrogens with zero attached hydrogens (tertiary/aromatic N) is 3. The van der Waals surface area contributed by atoms with Crippen molar-refractivity contribution in [2.45, 2.75) is 12.8 Å². The van der Waals surface area contributed by atoms with Crippen LogP contribution < -0.4 is 0 Å². The van der Waals surface area contributed by atoms with Crippen LogP contribution in [0.2, 0.25) is 0 Å². The minimum absolute atomic E-state index is 0.00535. The third-order valence-corrected chi connectivity index (χ3v) is 4.39. The number of hydrogen-bond acceptors (Lipinski definition) is 4. The zero-order valence-corrected chi connectivity index (χ0v) is 13.2. The van der Waals surface area contributed by atoms with E-state index in [1.165, 1.54) is 12.5 Å². The Morgan fingerprint density at radius 3 is 2.67 bits per heavy atom. The molecule has 1 amide bonds. The van der Waals surface area contributed by atoms with Gasteiger partial charge < -0.3 is 9.32 Å². The molecule has 1 aromatic carbocycles. The highest BCUT2D eigenvalue weighted by Crippen LogP contribution is 2.26. The third kappa shape index (κ3) is 2.69. The van der Waals surface area contributed by atoms with Crippen LogP contribution in [0.15, 0.2) is 59.7 Å². The summed E-state index contributed by atoms with van der Waals surface area (Å²) in [5.41, 5.74) is 4.83. The van der Waals surface area contributed by atoms with Gasteiger partial charge in [0.2, 0.25) is 0 Å². The predicted octanol–water partition coefficient (Wildman–Crippen LogP) is 2.98. The second-order valence-electron chi connectivity index (χ2n) is 5.82. The van der Waals surface area contributed by atoms with E-state index in [9.17, 15) is 4.79 Å². The van der Waals surface area contributed by atoms with Crippen molar-refractivity contribution >= 4 is 5.91 Å². The van der Waals surface area contributed by atoms with Crippen molar-refractivity contribution < 1.29 is 9.21 Å². The fourth-order valence-electron chi connectivity index (χ4n) is 3.14. The van der Waals surface area contributed by atoms with Crippen molar-refractivity contribution in [3.05, 3.63) is 72.1 Å². The van der Waals surface area contributed by atoms with Gasteiger partial charge in [-0.25, -0.2) is 9.97 Å². The van der Waals surface area contributed by atoms with E-state index in [1.807, 2.05) is 23.1 Å². The summed E-state index contributed by atoms with van der Waals surface area (Å²) in [4.78, 5) is 23.4. The highest BCUT2D eigenvalue weighted by Gasteiger charge is 2.23. The number of amides is 1. The molecule has 24 heavy (non-hydrogen) atoms. The number of rotatable bonds is 2. The lowest BCUT2D eigenvalue weighted by Crippen LogP contribution is -2.33. The lowest BCUT2D eigenvalue weighted by atomic mass is 10.0. The van der Waals surface area contributed by atoms with Crippen molar-refractivity contribution in [3.8, 4) is 11.3 Å². The van der Waals surface area contributed by atoms with Gasteiger partial charge in [-0.1, -0.05) is 30.3 Å². The molecule has 3 heterocycles. The van der Waals surface area contributed by atoms with Crippen LogP contribution in [0, 0.1) is 0 Å². The Morgan fingerprint density at radius 1 is 1.04 bits per heavy atom. The summed E-state index contributed by atoms with van der Waals surface area (Å²) in [6.45, 7) is 1.31. The van der Waals surface area contributed by atoms with Crippen LogP contribution in [0.4, 0.5) is 0 Å². The second-order valence-corrected chi connectivity index (χ2v) is 5.82. The van der Waals surface area contributed by atoms with Crippen molar-refractivity contribution in [2.24, 2.45) is 0 Å². The van der Waals surface area contributed by atoms with E-state index in [-0.39, 0.29) is 5.91 Å². The van der Waals surface area contributed by atoms with Crippen LogP contribution in [0.3, 0.4) is 0 Å². The zero-order valence-electron chi connectivity index (χ0n) is 13.2. The Kier molecular flexibility index (Phi) is 3.83. The van der Waals surface area contributed by atoms with Crippen LogP contribution in [0.5, 0.6) is 0 Å². The van der Waals surface area contributed by atoms with Gasteiger partial charge in [0.15, 0.2) is 0 Å². The molecule has 0 saturated carbocycles. The maximum absolute atomic E-state index is 12.5. The molecule has 3 aromatic rings. The predicted molar refractivity (Wildman–Crippen MR) is 89.5 cm³/mol. The van der Waals surface area contributed by atoms with E-state index in [0.717, 1.165) is 35.4 Å². The third-order valence-electron chi connectivity index (χ3n) is 4.39. The normalized spacial score (nSPS) is 14.1. The Hall–Kier alpha value is -2.95. The van der Waals surface area contributed by atoms with E-state index in [0.29, 0.717) is 18.7 Å². The van der Waals surface area contributed by atoms with Crippen molar-refractivity contribution in [2.75, 3.05) is 13.1 Å². The van der Waals surface area contributed by atoms with E-state index >= 15 is 0 Å². The van der Waals surface area contributed by atoms with Crippen molar-refractivity contribution in [3.63, 3.8) is 0 Å². The molecule has 5 heteroatoms. The summed E-state index contributed by atoms with van der Waals surface area (Å²) >= 11 is 0. The fraction of sp³-hybridized carbons (Fsp3) is 0.211. The highest BCUT2D eigenvalue weighted by atomic mass is 16.3. The maximum atomic E-state index is 12.5. The molecule has 0 atom stereocenters. The van der Waals surface area contributed by atoms with Gasteiger partial charge in [-0.3, -0.25) is 4.79 Å². The minimum atomic E-state index is 0.00535. The zero-order chi connectivity index (χ0) is 16.4. The first kappa shape index (κ1) is 14.6. The van der Waals surface area contributed by atoms with Gasteiger partial charge in [-0.05, 0) is 12.5 Å². The molecule has 0 bridgehead atoms. The fourth-order valence-corrected chi connectivity index (χ4v) is 3.14. The van der Waals surface area contributed by atoms with Gasteiger partial charge in [0.1, 0.15) is 12.6 Å². The van der Waals surface area contributed by atoms with E-state index in [2.05, 4.69) is 22.1 Å². The molecule has 0 fully saturated rings. The number of furan rings is 1. The van der Waals surface area contributed by atoms with Crippen LogP contribution in [-0.4, -0.2) is 33.9 Å². The van der Waals surface area contributed by atoms with Crippen molar-refractivity contribution in [1.82, 2.24) is 14.9 Å². The molecule has 0 spiro atoms. The quantitative estimate of drug-likeness (QED) is 0.728. The molecule has 0 saturated heterocycles.